The van der Waals surface area contributed by atoms with Crippen LogP contribution in [0.4, 0.5) is 0 Å². The molecule has 0 amide bonds. The van der Waals surface area contributed by atoms with Crippen molar-refractivity contribution in [3.8, 4) is 0 Å². The molecule has 1 heteroatoms. The van der Waals surface area contributed by atoms with Crippen LogP contribution in [0.3, 0.4) is 0 Å². The second-order valence-corrected chi connectivity index (χ2v) is 8.25. The molecule has 0 heterocycles. The highest BCUT2D eigenvalue weighted by Crippen LogP contribution is 2.56. The van der Waals surface area contributed by atoms with E-state index >= 15 is 0 Å². The molecule has 1 atom stereocenters. The Morgan fingerprint density at radius 1 is 1.05 bits per heavy atom. The first-order valence-corrected chi connectivity index (χ1v) is 7.54. The first-order valence-electron chi connectivity index (χ1n) is 7.54. The van der Waals surface area contributed by atoms with Crippen LogP contribution in [0.15, 0.2) is 47.8 Å². The standard InChI is InChI=1S/C19H28O/c1-17(2,3)15-11-16(20)13-19(12-15,18(4,5)6)14-9-7-8-10-14/h7-11,13-14,20H,12H2,1-6H3. The van der Waals surface area contributed by atoms with Crippen LogP contribution in [0, 0.1) is 22.2 Å². The molecule has 0 bridgehead atoms. The van der Waals surface area contributed by atoms with Crippen LogP contribution in [-0.4, -0.2) is 5.11 Å². The first-order chi connectivity index (χ1) is 9.06. The van der Waals surface area contributed by atoms with Crippen LogP contribution >= 0.6 is 0 Å². The van der Waals surface area contributed by atoms with Crippen molar-refractivity contribution in [2.45, 2.75) is 48.0 Å². The van der Waals surface area contributed by atoms with Crippen LogP contribution in [0.5, 0.6) is 0 Å². The first kappa shape index (κ1) is 15.2. The van der Waals surface area contributed by atoms with E-state index in [2.05, 4.69) is 71.9 Å². The second kappa shape index (κ2) is 4.65. The summed E-state index contributed by atoms with van der Waals surface area (Å²) in [6, 6.07) is 0. The molecular weight excluding hydrogens is 244 g/mol. The molecule has 0 aromatic carbocycles. The van der Waals surface area contributed by atoms with E-state index in [0.29, 0.717) is 11.7 Å². The maximum atomic E-state index is 10.3. The lowest BCUT2D eigenvalue weighted by molar-refractivity contribution is 0.0991. The fraction of sp³-hybridized carbons (Fsp3) is 0.579. The molecule has 1 N–H and O–H groups in total. The summed E-state index contributed by atoms with van der Waals surface area (Å²) in [7, 11) is 0. The molecule has 0 saturated carbocycles. The van der Waals surface area contributed by atoms with Gasteiger partial charge in [-0.15, -0.1) is 0 Å². The van der Waals surface area contributed by atoms with Gasteiger partial charge in [0.25, 0.3) is 0 Å². The third-order valence-electron chi connectivity index (χ3n) is 4.91. The molecule has 0 spiro atoms. The molecular formula is C19H28O. The highest BCUT2D eigenvalue weighted by molar-refractivity contribution is 5.37. The molecule has 2 aliphatic carbocycles. The number of allylic oxidation sites excluding steroid dienone is 7. The number of rotatable bonds is 1. The van der Waals surface area contributed by atoms with Gasteiger partial charge in [-0.1, -0.05) is 71.4 Å². The van der Waals surface area contributed by atoms with Crippen molar-refractivity contribution in [1.82, 2.24) is 0 Å². The Balaban J connectivity index is 2.53. The summed E-state index contributed by atoms with van der Waals surface area (Å²) in [5.74, 6) is 0.778. The summed E-state index contributed by atoms with van der Waals surface area (Å²) in [4.78, 5) is 0. The normalized spacial score (nSPS) is 27.7. The summed E-state index contributed by atoms with van der Waals surface area (Å²) in [6.07, 6.45) is 13.8. The van der Waals surface area contributed by atoms with E-state index in [1.165, 1.54) is 5.57 Å². The van der Waals surface area contributed by atoms with Crippen molar-refractivity contribution in [2.24, 2.45) is 22.2 Å². The summed E-state index contributed by atoms with van der Waals surface area (Å²) in [5.41, 5.74) is 1.44. The molecule has 1 unspecified atom stereocenters. The molecule has 110 valence electrons. The van der Waals surface area contributed by atoms with Gasteiger partial charge in [-0.3, -0.25) is 0 Å². The number of aliphatic hydroxyl groups is 1. The largest absolute Gasteiger partial charge is 0.508 e. The molecule has 0 saturated heterocycles. The van der Waals surface area contributed by atoms with Gasteiger partial charge >= 0.3 is 0 Å². The molecule has 0 radical (unpaired) electrons. The molecule has 2 aliphatic rings. The van der Waals surface area contributed by atoms with Crippen molar-refractivity contribution >= 4 is 0 Å². The summed E-state index contributed by atoms with van der Waals surface area (Å²) in [6.45, 7) is 13.5. The Hall–Kier alpha value is -1.24. The highest BCUT2D eigenvalue weighted by Gasteiger charge is 2.48. The Morgan fingerprint density at radius 3 is 2.05 bits per heavy atom. The summed E-state index contributed by atoms with van der Waals surface area (Å²) < 4.78 is 0. The third-order valence-corrected chi connectivity index (χ3v) is 4.91. The van der Waals surface area contributed by atoms with E-state index in [1.807, 2.05) is 6.08 Å². The number of hydrogen-bond donors (Lipinski definition) is 1. The van der Waals surface area contributed by atoms with Crippen LogP contribution in [0.25, 0.3) is 0 Å². The summed E-state index contributed by atoms with van der Waals surface area (Å²) in [5, 5.41) is 10.3. The van der Waals surface area contributed by atoms with Crippen LogP contribution < -0.4 is 0 Å². The van der Waals surface area contributed by atoms with Gasteiger partial charge < -0.3 is 5.11 Å². The lowest BCUT2D eigenvalue weighted by Crippen LogP contribution is -2.42. The smallest absolute Gasteiger partial charge is 0.112 e. The van der Waals surface area contributed by atoms with Crippen molar-refractivity contribution in [1.29, 1.82) is 0 Å². The number of hydrogen-bond acceptors (Lipinski definition) is 1. The van der Waals surface area contributed by atoms with Gasteiger partial charge in [0.05, 0.1) is 0 Å². The van der Waals surface area contributed by atoms with Gasteiger partial charge in [0.2, 0.25) is 0 Å². The van der Waals surface area contributed by atoms with Crippen molar-refractivity contribution in [2.75, 3.05) is 0 Å². The fourth-order valence-electron chi connectivity index (χ4n) is 3.35. The van der Waals surface area contributed by atoms with E-state index in [-0.39, 0.29) is 16.2 Å². The number of aliphatic hydroxyl groups excluding tert-OH is 1. The Bertz CT molecular complexity index is 491. The minimum Gasteiger partial charge on any atom is -0.508 e. The summed E-state index contributed by atoms with van der Waals surface area (Å²) >= 11 is 0. The Morgan fingerprint density at radius 2 is 1.60 bits per heavy atom. The topological polar surface area (TPSA) is 20.2 Å². The van der Waals surface area contributed by atoms with Gasteiger partial charge in [-0.25, -0.2) is 0 Å². The molecule has 2 rings (SSSR count). The average Bonchev–Trinajstić information content (AvgIpc) is 2.78. The monoisotopic (exact) mass is 272 g/mol. The van der Waals surface area contributed by atoms with Crippen molar-refractivity contribution < 1.29 is 5.11 Å². The van der Waals surface area contributed by atoms with E-state index < -0.39 is 0 Å². The molecule has 1 nitrogen and oxygen atoms in total. The van der Waals surface area contributed by atoms with Crippen LogP contribution in [-0.2, 0) is 0 Å². The van der Waals surface area contributed by atoms with Crippen LogP contribution in [0.1, 0.15) is 48.0 Å². The fourth-order valence-corrected chi connectivity index (χ4v) is 3.35. The van der Waals surface area contributed by atoms with E-state index in [4.69, 9.17) is 0 Å². The van der Waals surface area contributed by atoms with Gasteiger partial charge in [0.1, 0.15) is 5.76 Å². The molecule has 0 fully saturated rings. The molecule has 0 aromatic rings. The molecule has 20 heavy (non-hydrogen) atoms. The predicted octanol–water partition coefficient (Wildman–Crippen LogP) is 5.58. The molecule has 0 aliphatic heterocycles. The van der Waals surface area contributed by atoms with Gasteiger partial charge in [-0.05, 0) is 29.4 Å². The lowest BCUT2D eigenvalue weighted by atomic mass is 9.54. The zero-order chi connectivity index (χ0) is 15.2. The lowest BCUT2D eigenvalue weighted by Gasteiger charge is -2.49. The Labute approximate surface area is 123 Å². The van der Waals surface area contributed by atoms with E-state index in [1.54, 1.807) is 0 Å². The predicted molar refractivity (Wildman–Crippen MR) is 86.5 cm³/mol. The van der Waals surface area contributed by atoms with Crippen LogP contribution in [0.2, 0.25) is 0 Å². The van der Waals surface area contributed by atoms with E-state index in [9.17, 15) is 5.11 Å². The SMILES string of the molecule is CC(C)(C)C1=CC(O)=CC(C2C=CC=C2)(C(C)(C)C)C1. The second-order valence-electron chi connectivity index (χ2n) is 8.25. The van der Waals surface area contributed by atoms with Gasteiger partial charge in [0.15, 0.2) is 0 Å². The quantitative estimate of drug-likeness (QED) is 0.660. The van der Waals surface area contributed by atoms with Gasteiger partial charge in [0, 0.05) is 11.3 Å². The zero-order valence-electron chi connectivity index (χ0n) is 13.7. The van der Waals surface area contributed by atoms with Crippen molar-refractivity contribution in [3.63, 3.8) is 0 Å². The average molecular weight is 272 g/mol. The minimum atomic E-state index is -0.0576. The third kappa shape index (κ3) is 2.51. The maximum absolute atomic E-state index is 10.3. The Kier molecular flexibility index (Phi) is 3.52. The zero-order valence-corrected chi connectivity index (χ0v) is 13.7. The highest BCUT2D eigenvalue weighted by atomic mass is 16.3. The van der Waals surface area contributed by atoms with E-state index in [0.717, 1.165) is 6.42 Å². The maximum Gasteiger partial charge on any atom is 0.112 e. The van der Waals surface area contributed by atoms with Gasteiger partial charge in [-0.2, -0.15) is 0 Å². The van der Waals surface area contributed by atoms with Crippen molar-refractivity contribution in [3.05, 3.63) is 47.8 Å². The molecule has 0 aromatic heterocycles. The minimum absolute atomic E-state index is 0.0576.